The van der Waals surface area contributed by atoms with E-state index in [0.717, 1.165) is 11.1 Å². The lowest BCUT2D eigenvalue weighted by Crippen LogP contribution is -1.91. The third kappa shape index (κ3) is 1.30. The van der Waals surface area contributed by atoms with Crippen LogP contribution >= 0.6 is 0 Å². The molecule has 0 spiro atoms. The summed E-state index contributed by atoms with van der Waals surface area (Å²) in [6.45, 7) is 0. The Labute approximate surface area is 91.4 Å². The van der Waals surface area contributed by atoms with Crippen LogP contribution in [0, 0.1) is 0 Å². The summed E-state index contributed by atoms with van der Waals surface area (Å²) >= 11 is 0. The van der Waals surface area contributed by atoms with Crippen molar-refractivity contribution in [3.63, 3.8) is 0 Å². The minimum absolute atomic E-state index is 0.599. The van der Waals surface area contributed by atoms with E-state index in [9.17, 15) is 0 Å². The molecular weight excluding hydrogens is 202 g/mol. The number of nitrogen functional groups attached to an aromatic ring is 1. The molecule has 3 heterocycles. The summed E-state index contributed by atoms with van der Waals surface area (Å²) in [5.74, 6) is 0.716. The summed E-state index contributed by atoms with van der Waals surface area (Å²) in [6.07, 6.45) is 5.01. The smallest absolute Gasteiger partial charge is 0.178 e. The van der Waals surface area contributed by atoms with E-state index in [1.807, 2.05) is 18.2 Å². The van der Waals surface area contributed by atoms with Crippen molar-refractivity contribution in [3.8, 4) is 11.4 Å². The first-order chi connectivity index (χ1) is 7.84. The molecule has 3 aromatic heterocycles. The molecule has 16 heavy (non-hydrogen) atoms. The third-order valence-electron chi connectivity index (χ3n) is 2.36. The lowest BCUT2D eigenvalue weighted by molar-refractivity contribution is 1.27. The number of H-pyrrole nitrogens is 1. The molecule has 3 rings (SSSR count). The van der Waals surface area contributed by atoms with Gasteiger partial charge in [-0.05, 0) is 18.2 Å². The Bertz CT molecular complexity index is 610. The van der Waals surface area contributed by atoms with Crippen molar-refractivity contribution >= 4 is 16.9 Å². The highest BCUT2D eigenvalue weighted by Crippen LogP contribution is 2.23. The quantitative estimate of drug-likeness (QED) is 0.640. The molecule has 0 aromatic carbocycles. The lowest BCUT2D eigenvalue weighted by Gasteiger charge is -1.99. The van der Waals surface area contributed by atoms with E-state index in [-0.39, 0.29) is 0 Å². The fraction of sp³-hybridized carbons (Fsp3) is 0. The molecule has 0 radical (unpaired) electrons. The van der Waals surface area contributed by atoms with Crippen molar-refractivity contribution in [1.29, 1.82) is 0 Å². The van der Waals surface area contributed by atoms with Crippen LogP contribution in [0.4, 0.5) is 5.69 Å². The van der Waals surface area contributed by atoms with Crippen LogP contribution in [0.25, 0.3) is 22.6 Å². The highest BCUT2D eigenvalue weighted by atomic mass is 15.0. The van der Waals surface area contributed by atoms with E-state index < -0.39 is 0 Å². The predicted octanol–water partition coefficient (Wildman–Crippen LogP) is 1.60. The first kappa shape index (κ1) is 8.84. The van der Waals surface area contributed by atoms with E-state index in [1.165, 1.54) is 0 Å². The maximum Gasteiger partial charge on any atom is 0.178 e. The second-order valence-electron chi connectivity index (χ2n) is 3.42. The van der Waals surface area contributed by atoms with Crippen LogP contribution in [0.15, 0.2) is 36.8 Å². The molecule has 0 saturated carbocycles. The Kier molecular flexibility index (Phi) is 1.83. The number of anilines is 1. The fourth-order valence-corrected chi connectivity index (χ4v) is 1.59. The molecule has 3 aromatic rings. The topological polar surface area (TPSA) is 80.5 Å². The average Bonchev–Trinajstić information content (AvgIpc) is 2.73. The molecule has 0 aliphatic rings. The van der Waals surface area contributed by atoms with Gasteiger partial charge in [-0.25, -0.2) is 9.97 Å². The molecule has 78 valence electrons. The molecule has 0 bridgehead atoms. The number of aromatic amines is 1. The number of rotatable bonds is 1. The van der Waals surface area contributed by atoms with Crippen molar-refractivity contribution in [3.05, 3.63) is 36.8 Å². The van der Waals surface area contributed by atoms with Gasteiger partial charge in [0.15, 0.2) is 5.65 Å². The number of hydrogen-bond acceptors (Lipinski definition) is 4. The van der Waals surface area contributed by atoms with E-state index >= 15 is 0 Å². The summed E-state index contributed by atoms with van der Waals surface area (Å²) in [4.78, 5) is 15.6. The van der Waals surface area contributed by atoms with Gasteiger partial charge in [-0.1, -0.05) is 0 Å². The third-order valence-corrected chi connectivity index (χ3v) is 2.36. The molecule has 0 aliphatic heterocycles. The summed E-state index contributed by atoms with van der Waals surface area (Å²) < 4.78 is 0. The van der Waals surface area contributed by atoms with Crippen LogP contribution in [0.1, 0.15) is 0 Å². The van der Waals surface area contributed by atoms with Gasteiger partial charge >= 0.3 is 0 Å². The van der Waals surface area contributed by atoms with E-state index in [2.05, 4.69) is 19.9 Å². The number of imidazole rings is 1. The van der Waals surface area contributed by atoms with E-state index in [1.54, 1.807) is 18.6 Å². The maximum atomic E-state index is 5.83. The van der Waals surface area contributed by atoms with Crippen molar-refractivity contribution in [2.24, 2.45) is 0 Å². The molecule has 0 amide bonds. The number of fused-ring (bicyclic) bond motifs is 1. The normalized spacial score (nSPS) is 10.8. The highest BCUT2D eigenvalue weighted by molar-refractivity contribution is 5.79. The summed E-state index contributed by atoms with van der Waals surface area (Å²) in [7, 11) is 0. The zero-order chi connectivity index (χ0) is 11.0. The number of pyridine rings is 2. The maximum absolute atomic E-state index is 5.83. The fourth-order valence-electron chi connectivity index (χ4n) is 1.59. The van der Waals surface area contributed by atoms with Gasteiger partial charge in [0.25, 0.3) is 0 Å². The van der Waals surface area contributed by atoms with Crippen LogP contribution in [-0.4, -0.2) is 19.9 Å². The highest BCUT2D eigenvalue weighted by Gasteiger charge is 2.07. The van der Waals surface area contributed by atoms with Crippen molar-refractivity contribution in [2.45, 2.75) is 0 Å². The van der Waals surface area contributed by atoms with E-state index in [0.29, 0.717) is 17.2 Å². The Morgan fingerprint density at radius 1 is 1.19 bits per heavy atom. The summed E-state index contributed by atoms with van der Waals surface area (Å²) in [6, 6.07) is 5.61. The number of hydrogen-bond donors (Lipinski definition) is 2. The molecule has 0 fully saturated rings. The second-order valence-corrected chi connectivity index (χ2v) is 3.42. The van der Waals surface area contributed by atoms with Gasteiger partial charge in [-0.15, -0.1) is 0 Å². The number of nitrogens with zero attached hydrogens (tertiary/aromatic N) is 3. The van der Waals surface area contributed by atoms with Crippen LogP contribution < -0.4 is 5.73 Å². The number of nitrogens with two attached hydrogens (primary N) is 1. The van der Waals surface area contributed by atoms with Gasteiger partial charge < -0.3 is 10.7 Å². The monoisotopic (exact) mass is 211 g/mol. The van der Waals surface area contributed by atoms with Crippen molar-refractivity contribution in [1.82, 2.24) is 19.9 Å². The summed E-state index contributed by atoms with van der Waals surface area (Å²) in [5.41, 5.74) is 8.86. The molecule has 0 unspecified atom stereocenters. The Morgan fingerprint density at radius 2 is 2.12 bits per heavy atom. The largest absolute Gasteiger partial charge is 0.397 e. The van der Waals surface area contributed by atoms with Gasteiger partial charge in [-0.3, -0.25) is 4.98 Å². The number of nitrogens with one attached hydrogen (secondary N) is 1. The zero-order valence-corrected chi connectivity index (χ0v) is 8.38. The molecule has 5 nitrogen and oxygen atoms in total. The van der Waals surface area contributed by atoms with Crippen molar-refractivity contribution in [2.75, 3.05) is 5.73 Å². The van der Waals surface area contributed by atoms with Crippen LogP contribution in [-0.2, 0) is 0 Å². The van der Waals surface area contributed by atoms with E-state index in [4.69, 9.17) is 5.73 Å². The van der Waals surface area contributed by atoms with Crippen LogP contribution in [0.2, 0.25) is 0 Å². The van der Waals surface area contributed by atoms with Gasteiger partial charge in [-0.2, -0.15) is 0 Å². The molecular formula is C11H9N5. The lowest BCUT2D eigenvalue weighted by atomic mass is 10.2. The molecule has 0 saturated heterocycles. The Balaban J connectivity index is 2.23. The number of aromatic nitrogens is 4. The standard InChI is InChI=1S/C11H9N5/c12-8-6-13-5-3-7(8)10-15-9-2-1-4-14-11(9)16-10/h1-6H,12H2,(H,14,15,16). The Morgan fingerprint density at radius 3 is 2.94 bits per heavy atom. The minimum atomic E-state index is 0.599. The van der Waals surface area contributed by atoms with Gasteiger partial charge in [0.2, 0.25) is 0 Å². The summed E-state index contributed by atoms with van der Waals surface area (Å²) in [5, 5.41) is 0. The van der Waals surface area contributed by atoms with Gasteiger partial charge in [0.1, 0.15) is 5.82 Å². The average molecular weight is 211 g/mol. The predicted molar refractivity (Wildman–Crippen MR) is 61.5 cm³/mol. The van der Waals surface area contributed by atoms with Gasteiger partial charge in [0.05, 0.1) is 17.4 Å². The van der Waals surface area contributed by atoms with Crippen LogP contribution in [0.5, 0.6) is 0 Å². The second kappa shape index (κ2) is 3.30. The minimum Gasteiger partial charge on any atom is -0.397 e. The molecule has 0 atom stereocenters. The zero-order valence-electron chi connectivity index (χ0n) is 8.38. The van der Waals surface area contributed by atoms with Crippen molar-refractivity contribution < 1.29 is 0 Å². The Hall–Kier alpha value is -2.43. The molecule has 5 heteroatoms. The van der Waals surface area contributed by atoms with Crippen LogP contribution in [0.3, 0.4) is 0 Å². The molecule has 0 aliphatic carbocycles. The first-order valence-electron chi connectivity index (χ1n) is 4.85. The van der Waals surface area contributed by atoms with Gasteiger partial charge in [0, 0.05) is 18.0 Å². The molecule has 3 N–H and O–H groups in total. The first-order valence-corrected chi connectivity index (χ1v) is 4.85. The SMILES string of the molecule is Nc1cnccc1-c1nc2ncccc2[nH]1.